The smallest absolute Gasteiger partial charge is 0.414 e. The Morgan fingerprint density at radius 3 is 2.23 bits per heavy atom. The third kappa shape index (κ3) is 7.49. The summed E-state index contributed by atoms with van der Waals surface area (Å²) in [5.41, 5.74) is 0.915. The van der Waals surface area contributed by atoms with Crippen LogP contribution in [0.1, 0.15) is 34.9 Å². The van der Waals surface area contributed by atoms with Gasteiger partial charge in [0.2, 0.25) is 0 Å². The molecule has 2 N–H and O–H groups in total. The Labute approximate surface area is 247 Å². The molecule has 228 valence electrons. The Morgan fingerprint density at radius 1 is 0.907 bits per heavy atom. The molecule has 1 aromatic heterocycles. The van der Waals surface area contributed by atoms with Gasteiger partial charge in [-0.25, -0.2) is 14.4 Å². The molecule has 1 atom stereocenters. The molecule has 13 nitrogen and oxygen atoms in total. The average Bonchev–Trinajstić information content (AvgIpc) is 3.01. The van der Waals surface area contributed by atoms with Crippen LogP contribution in [0.15, 0.2) is 64.2 Å². The molecule has 0 saturated carbocycles. The zero-order valence-electron chi connectivity index (χ0n) is 24.0. The maximum absolute atomic E-state index is 13.0. The predicted octanol–water partition coefficient (Wildman–Crippen LogP) is 1.54. The van der Waals surface area contributed by atoms with Crippen molar-refractivity contribution in [1.82, 2.24) is 14.0 Å². The number of carboxylic acid groups (broad SMARTS) is 2. The van der Waals surface area contributed by atoms with Gasteiger partial charge in [0.15, 0.2) is 5.78 Å². The summed E-state index contributed by atoms with van der Waals surface area (Å²) in [4.78, 5) is 59.9. The maximum Gasteiger partial charge on any atom is 0.414 e. The van der Waals surface area contributed by atoms with Crippen molar-refractivity contribution in [2.24, 2.45) is 14.1 Å². The molecular weight excluding hydrogens is 560 g/mol. The van der Waals surface area contributed by atoms with E-state index in [9.17, 15) is 14.4 Å². The molecular formula is C30H34N4O9. The van der Waals surface area contributed by atoms with Crippen molar-refractivity contribution in [1.29, 1.82) is 0 Å². The summed E-state index contributed by atoms with van der Waals surface area (Å²) in [6, 6.07) is 16.8. The summed E-state index contributed by atoms with van der Waals surface area (Å²) in [7, 11) is 3.19. The van der Waals surface area contributed by atoms with E-state index in [0.717, 1.165) is 49.3 Å². The fraction of sp³-hybridized carbons (Fsp3) is 0.367. The third-order valence-electron chi connectivity index (χ3n) is 7.33. The zero-order valence-corrected chi connectivity index (χ0v) is 24.0. The maximum atomic E-state index is 13.0. The molecule has 3 heterocycles. The molecule has 0 bridgehead atoms. The number of fused-ring (bicyclic) bond motifs is 1. The molecule has 1 saturated heterocycles. The molecule has 3 aromatic rings. The molecule has 0 aliphatic carbocycles. The summed E-state index contributed by atoms with van der Waals surface area (Å²) in [6.07, 6.45) is 0.827. The Balaban J connectivity index is 0.000000641. The first-order valence-electron chi connectivity index (χ1n) is 13.8. The minimum absolute atomic E-state index is 0.0342. The van der Waals surface area contributed by atoms with Crippen molar-refractivity contribution in [3.63, 3.8) is 0 Å². The number of hydrogen-bond acceptors (Lipinski definition) is 9. The number of piperazine rings is 1. The van der Waals surface area contributed by atoms with Gasteiger partial charge < -0.3 is 24.6 Å². The number of carboxylic acids is 2. The number of carbonyl (C=O) groups excluding carboxylic acids is 1. The van der Waals surface area contributed by atoms with Crippen LogP contribution >= 0.6 is 0 Å². The molecule has 0 spiro atoms. The molecule has 2 aromatic carbocycles. The first-order valence-corrected chi connectivity index (χ1v) is 13.8. The van der Waals surface area contributed by atoms with E-state index in [0.29, 0.717) is 35.9 Å². The molecule has 0 amide bonds. The second-order valence-corrected chi connectivity index (χ2v) is 10.2. The van der Waals surface area contributed by atoms with Gasteiger partial charge in [-0.05, 0) is 24.1 Å². The fourth-order valence-corrected chi connectivity index (χ4v) is 5.02. The second kappa shape index (κ2) is 13.8. The van der Waals surface area contributed by atoms with Gasteiger partial charge in [0, 0.05) is 52.9 Å². The van der Waals surface area contributed by atoms with E-state index < -0.39 is 11.9 Å². The lowest BCUT2D eigenvalue weighted by atomic mass is 9.95. The number of anilines is 1. The van der Waals surface area contributed by atoms with Crippen LogP contribution in [0.4, 0.5) is 5.82 Å². The number of ketones is 1. The summed E-state index contributed by atoms with van der Waals surface area (Å²) >= 11 is 0. The van der Waals surface area contributed by atoms with Crippen LogP contribution in [0.5, 0.6) is 11.5 Å². The molecule has 0 radical (unpaired) electrons. The Kier molecular flexibility index (Phi) is 9.99. The van der Waals surface area contributed by atoms with Crippen LogP contribution in [0.25, 0.3) is 0 Å². The topological polar surface area (TPSA) is 161 Å². The number of ether oxygens (including phenoxy) is 2. The van der Waals surface area contributed by atoms with Crippen molar-refractivity contribution in [2.45, 2.75) is 18.9 Å². The van der Waals surface area contributed by atoms with Gasteiger partial charge in [-0.3, -0.25) is 23.6 Å². The van der Waals surface area contributed by atoms with Crippen molar-refractivity contribution >= 4 is 23.5 Å². The highest BCUT2D eigenvalue weighted by atomic mass is 16.5. The number of aliphatic carboxylic acids is 2. The van der Waals surface area contributed by atoms with Crippen molar-refractivity contribution in [3.8, 4) is 11.5 Å². The number of carbonyl (C=O) groups is 3. The standard InChI is InChI=1S/C28H32N4O5.C2H2O4/c1-29-25(19-26(34)30(2)28(29)35)32-15-13-31(14-16-32)12-7-17-36-22-10-6-11-23-27(22)21(33)18-24(37-23)20-8-4-3-5-9-20;3-1(4)2(5)6/h3-6,8-11,19,24H,7,12-18H2,1-2H3;(H,3,4)(H,5,6). The molecule has 5 rings (SSSR count). The van der Waals surface area contributed by atoms with Gasteiger partial charge in [-0.15, -0.1) is 0 Å². The zero-order chi connectivity index (χ0) is 31.1. The summed E-state index contributed by atoms with van der Waals surface area (Å²) in [5.74, 6) is -1.81. The highest BCUT2D eigenvalue weighted by Gasteiger charge is 2.30. The fourth-order valence-electron chi connectivity index (χ4n) is 5.02. The Bertz CT molecular complexity index is 1580. The Morgan fingerprint density at radius 2 is 1.58 bits per heavy atom. The van der Waals surface area contributed by atoms with Crippen molar-refractivity contribution in [2.75, 3.05) is 44.2 Å². The van der Waals surface area contributed by atoms with Crippen LogP contribution in [0, 0.1) is 0 Å². The monoisotopic (exact) mass is 594 g/mol. The van der Waals surface area contributed by atoms with Crippen LogP contribution in [0.3, 0.4) is 0 Å². The first-order chi connectivity index (χ1) is 20.6. The lowest BCUT2D eigenvalue weighted by molar-refractivity contribution is -0.159. The van der Waals surface area contributed by atoms with E-state index in [1.54, 1.807) is 7.05 Å². The lowest BCUT2D eigenvalue weighted by Gasteiger charge is -2.36. The average molecular weight is 595 g/mol. The number of rotatable bonds is 7. The van der Waals surface area contributed by atoms with Gasteiger partial charge in [0.05, 0.1) is 13.0 Å². The highest BCUT2D eigenvalue weighted by molar-refractivity contribution is 6.27. The molecule has 2 aliphatic heterocycles. The number of Topliss-reactive ketones (excluding diaryl/α,β-unsaturated/α-hetero) is 1. The number of benzene rings is 2. The van der Waals surface area contributed by atoms with Gasteiger partial charge in [0.1, 0.15) is 29.0 Å². The first kappa shape index (κ1) is 31.0. The van der Waals surface area contributed by atoms with Crippen LogP contribution in [0.2, 0.25) is 0 Å². The van der Waals surface area contributed by atoms with Crippen LogP contribution in [-0.2, 0) is 23.7 Å². The molecule has 1 unspecified atom stereocenters. The second-order valence-electron chi connectivity index (χ2n) is 10.2. The summed E-state index contributed by atoms with van der Waals surface area (Å²) < 4.78 is 14.8. The predicted molar refractivity (Wildman–Crippen MR) is 156 cm³/mol. The van der Waals surface area contributed by atoms with Crippen molar-refractivity contribution < 1.29 is 34.1 Å². The minimum atomic E-state index is -1.82. The normalized spacial score (nSPS) is 16.4. The Hall–Kier alpha value is -4.91. The van der Waals surface area contributed by atoms with Gasteiger partial charge >= 0.3 is 17.6 Å². The lowest BCUT2D eigenvalue weighted by Crippen LogP contribution is -2.49. The van der Waals surface area contributed by atoms with Gasteiger partial charge in [0.25, 0.3) is 5.56 Å². The molecule has 2 aliphatic rings. The molecule has 13 heteroatoms. The van der Waals surface area contributed by atoms with E-state index in [4.69, 9.17) is 29.3 Å². The summed E-state index contributed by atoms with van der Waals surface area (Å²) in [5, 5.41) is 14.8. The summed E-state index contributed by atoms with van der Waals surface area (Å²) in [6.45, 7) is 4.49. The van der Waals surface area contributed by atoms with Gasteiger partial charge in [-0.2, -0.15) is 0 Å². The number of nitrogens with zero attached hydrogens (tertiary/aromatic N) is 4. The van der Waals surface area contributed by atoms with Crippen molar-refractivity contribution in [3.05, 3.63) is 86.6 Å². The SMILES string of the molecule is Cn1c(N2CCN(CCCOc3cccc4c3C(=O)CC(c3ccccc3)O4)CC2)cc(=O)n(C)c1=O.O=C(O)C(=O)O. The van der Waals surface area contributed by atoms with Gasteiger partial charge in [-0.1, -0.05) is 36.4 Å². The van der Waals surface area contributed by atoms with E-state index in [1.165, 1.54) is 17.7 Å². The molecule has 1 fully saturated rings. The van der Waals surface area contributed by atoms with Crippen LogP contribution < -0.4 is 25.6 Å². The van der Waals surface area contributed by atoms with Crippen LogP contribution in [-0.4, -0.2) is 81.3 Å². The van der Waals surface area contributed by atoms with E-state index >= 15 is 0 Å². The van der Waals surface area contributed by atoms with E-state index in [-0.39, 0.29) is 23.1 Å². The minimum Gasteiger partial charge on any atom is -0.493 e. The number of hydrogen-bond donors (Lipinski definition) is 2. The van der Waals surface area contributed by atoms with E-state index in [2.05, 4.69) is 9.80 Å². The third-order valence-corrected chi connectivity index (χ3v) is 7.33. The highest BCUT2D eigenvalue weighted by Crippen LogP contribution is 2.39. The van der Waals surface area contributed by atoms with E-state index in [1.807, 2.05) is 48.5 Å². The molecule has 43 heavy (non-hydrogen) atoms. The largest absolute Gasteiger partial charge is 0.493 e. The quantitative estimate of drug-likeness (QED) is 0.302. The number of aromatic nitrogens is 2.